The Labute approximate surface area is 178 Å². The third-order valence-corrected chi connectivity index (χ3v) is 5.58. The largest absolute Gasteiger partial charge is 0.490 e. The summed E-state index contributed by atoms with van der Waals surface area (Å²) in [6.45, 7) is 3.39. The summed E-state index contributed by atoms with van der Waals surface area (Å²) in [6, 6.07) is 11.7. The highest BCUT2D eigenvalue weighted by Crippen LogP contribution is 2.32. The van der Waals surface area contributed by atoms with Crippen molar-refractivity contribution in [3.05, 3.63) is 48.2 Å². The first kappa shape index (κ1) is 20.7. The molecule has 1 fully saturated rings. The molecule has 0 radical (unpaired) electrons. The molecule has 0 spiro atoms. The Hall–Kier alpha value is -2.60. The summed E-state index contributed by atoms with van der Waals surface area (Å²) in [7, 11) is 0. The molecule has 1 aromatic heterocycles. The molecule has 1 aromatic carbocycles. The predicted molar refractivity (Wildman–Crippen MR) is 116 cm³/mol. The van der Waals surface area contributed by atoms with Crippen LogP contribution in [0.15, 0.2) is 42.6 Å². The van der Waals surface area contributed by atoms with E-state index in [4.69, 9.17) is 9.47 Å². The highest BCUT2D eigenvalue weighted by atomic mass is 16.5. The van der Waals surface area contributed by atoms with E-state index in [-0.39, 0.29) is 5.91 Å². The average Bonchev–Trinajstić information content (AvgIpc) is 3.58. The standard InChI is InChI=1S/C24H31N3O3/c28-23(26-16-19-11-12-19)18-27-14-5-1-2-6-15-29-21-9-3-4-10-22(21)30-24-20(17-27)8-7-13-25-24/h3-4,7-10,13,19H,1-2,5-6,11-12,14-18H2,(H,26,28). The van der Waals surface area contributed by atoms with Crippen molar-refractivity contribution in [1.82, 2.24) is 15.2 Å². The predicted octanol–water partition coefficient (Wildman–Crippen LogP) is 4.15. The van der Waals surface area contributed by atoms with E-state index in [0.717, 1.165) is 50.1 Å². The van der Waals surface area contributed by atoms with Crippen LogP contribution in [0.3, 0.4) is 0 Å². The van der Waals surface area contributed by atoms with E-state index >= 15 is 0 Å². The maximum atomic E-state index is 12.5. The molecule has 1 aliphatic heterocycles. The van der Waals surface area contributed by atoms with E-state index in [1.807, 2.05) is 36.4 Å². The minimum Gasteiger partial charge on any atom is -0.490 e. The molecular weight excluding hydrogens is 378 g/mol. The van der Waals surface area contributed by atoms with E-state index in [9.17, 15) is 4.79 Å². The molecular formula is C24H31N3O3. The number of pyridine rings is 1. The molecule has 6 heteroatoms. The zero-order valence-corrected chi connectivity index (χ0v) is 17.5. The fraction of sp³-hybridized carbons (Fsp3) is 0.500. The highest BCUT2D eigenvalue weighted by Gasteiger charge is 2.22. The number of hydrogen-bond acceptors (Lipinski definition) is 5. The summed E-state index contributed by atoms with van der Waals surface area (Å²) in [6.07, 6.45) is 8.52. The quantitative estimate of drug-likeness (QED) is 0.822. The molecule has 1 aliphatic carbocycles. The number of carbonyl (C=O) groups is 1. The van der Waals surface area contributed by atoms with Crippen LogP contribution < -0.4 is 14.8 Å². The minimum atomic E-state index is 0.105. The number of hydrogen-bond donors (Lipinski definition) is 1. The van der Waals surface area contributed by atoms with Gasteiger partial charge in [0.2, 0.25) is 11.8 Å². The van der Waals surface area contributed by atoms with Crippen LogP contribution in [0, 0.1) is 5.92 Å². The van der Waals surface area contributed by atoms with Crippen molar-refractivity contribution in [3.8, 4) is 17.4 Å². The molecule has 4 rings (SSSR count). The number of ether oxygens (including phenoxy) is 2. The van der Waals surface area contributed by atoms with E-state index in [2.05, 4.69) is 15.2 Å². The average molecular weight is 410 g/mol. The first-order chi connectivity index (χ1) is 14.8. The van der Waals surface area contributed by atoms with Crippen LogP contribution in [0.5, 0.6) is 17.4 Å². The fourth-order valence-electron chi connectivity index (χ4n) is 3.66. The molecule has 1 amide bonds. The Morgan fingerprint density at radius 2 is 1.90 bits per heavy atom. The summed E-state index contributed by atoms with van der Waals surface area (Å²) in [5, 5.41) is 3.09. The topological polar surface area (TPSA) is 63.7 Å². The van der Waals surface area contributed by atoms with Crippen LogP contribution in [-0.2, 0) is 11.3 Å². The monoisotopic (exact) mass is 409 g/mol. The molecule has 1 N–H and O–H groups in total. The molecule has 1 saturated carbocycles. The van der Waals surface area contributed by atoms with E-state index < -0.39 is 0 Å². The second-order valence-corrected chi connectivity index (χ2v) is 8.24. The molecule has 2 heterocycles. The van der Waals surface area contributed by atoms with Crippen molar-refractivity contribution in [2.24, 2.45) is 5.92 Å². The molecule has 0 unspecified atom stereocenters. The van der Waals surface area contributed by atoms with Gasteiger partial charge >= 0.3 is 0 Å². The third-order valence-electron chi connectivity index (χ3n) is 5.58. The maximum Gasteiger partial charge on any atom is 0.234 e. The second-order valence-electron chi connectivity index (χ2n) is 8.24. The van der Waals surface area contributed by atoms with E-state index in [1.54, 1.807) is 6.20 Å². The van der Waals surface area contributed by atoms with Crippen molar-refractivity contribution >= 4 is 5.91 Å². The Morgan fingerprint density at radius 1 is 1.07 bits per heavy atom. The molecule has 0 bridgehead atoms. The van der Waals surface area contributed by atoms with E-state index in [0.29, 0.717) is 37.2 Å². The number of rotatable bonds is 4. The Balaban J connectivity index is 1.50. The van der Waals surface area contributed by atoms with Crippen molar-refractivity contribution < 1.29 is 14.3 Å². The molecule has 2 aliphatic rings. The van der Waals surface area contributed by atoms with Gasteiger partial charge in [0, 0.05) is 24.8 Å². The van der Waals surface area contributed by atoms with Crippen LogP contribution in [-0.4, -0.2) is 42.0 Å². The molecule has 6 nitrogen and oxygen atoms in total. The number of carbonyl (C=O) groups excluding carboxylic acids is 1. The lowest BCUT2D eigenvalue weighted by Crippen LogP contribution is -2.38. The number of amides is 1. The minimum absolute atomic E-state index is 0.105. The first-order valence-electron chi connectivity index (χ1n) is 11.1. The van der Waals surface area contributed by atoms with Crippen molar-refractivity contribution in [2.45, 2.75) is 45.1 Å². The van der Waals surface area contributed by atoms with Gasteiger partial charge in [-0.05, 0) is 56.3 Å². The van der Waals surface area contributed by atoms with Gasteiger partial charge in [0.15, 0.2) is 11.5 Å². The lowest BCUT2D eigenvalue weighted by Gasteiger charge is -2.23. The first-order valence-corrected chi connectivity index (χ1v) is 11.1. The summed E-state index contributed by atoms with van der Waals surface area (Å²) in [4.78, 5) is 19.2. The molecule has 2 aromatic rings. The number of fused-ring (bicyclic) bond motifs is 2. The second kappa shape index (κ2) is 10.4. The van der Waals surface area contributed by atoms with Gasteiger partial charge in [0.1, 0.15) is 0 Å². The van der Waals surface area contributed by atoms with Gasteiger partial charge in [-0.2, -0.15) is 0 Å². The van der Waals surface area contributed by atoms with Crippen molar-refractivity contribution in [2.75, 3.05) is 26.2 Å². The van der Waals surface area contributed by atoms with Gasteiger partial charge in [-0.15, -0.1) is 0 Å². The molecule has 0 saturated heterocycles. The molecule has 0 atom stereocenters. The smallest absolute Gasteiger partial charge is 0.234 e. The van der Waals surface area contributed by atoms with Crippen LogP contribution in [0.2, 0.25) is 0 Å². The fourth-order valence-corrected chi connectivity index (χ4v) is 3.66. The third kappa shape index (κ3) is 6.20. The Morgan fingerprint density at radius 3 is 2.77 bits per heavy atom. The molecule has 160 valence electrons. The van der Waals surface area contributed by atoms with Crippen LogP contribution in [0.4, 0.5) is 0 Å². The van der Waals surface area contributed by atoms with Crippen LogP contribution in [0.1, 0.15) is 44.1 Å². The van der Waals surface area contributed by atoms with Crippen molar-refractivity contribution in [3.63, 3.8) is 0 Å². The summed E-state index contributed by atoms with van der Waals surface area (Å²) >= 11 is 0. The Bertz CT molecular complexity index is 838. The van der Waals surface area contributed by atoms with Crippen LogP contribution in [0.25, 0.3) is 0 Å². The summed E-state index contributed by atoms with van der Waals surface area (Å²) in [5.74, 6) is 2.77. The lowest BCUT2D eigenvalue weighted by molar-refractivity contribution is -0.122. The number of nitrogens with one attached hydrogen (secondary N) is 1. The SMILES string of the molecule is O=C(CN1CCCCCCOc2ccccc2Oc2ncccc2C1)NCC1CC1. The maximum absolute atomic E-state index is 12.5. The number of benzene rings is 1. The van der Waals surface area contributed by atoms with Crippen molar-refractivity contribution in [1.29, 1.82) is 0 Å². The number of aromatic nitrogens is 1. The number of nitrogens with zero attached hydrogens (tertiary/aromatic N) is 2. The summed E-state index contributed by atoms with van der Waals surface area (Å²) in [5.41, 5.74) is 0.972. The van der Waals surface area contributed by atoms with Gasteiger partial charge < -0.3 is 14.8 Å². The lowest BCUT2D eigenvalue weighted by atomic mass is 10.1. The Kier molecular flexibility index (Phi) is 7.19. The zero-order valence-electron chi connectivity index (χ0n) is 17.5. The van der Waals surface area contributed by atoms with Gasteiger partial charge in [0.25, 0.3) is 0 Å². The van der Waals surface area contributed by atoms with E-state index in [1.165, 1.54) is 12.8 Å². The number of para-hydroxylation sites is 2. The van der Waals surface area contributed by atoms with Gasteiger partial charge in [-0.1, -0.05) is 31.0 Å². The zero-order chi connectivity index (χ0) is 20.6. The van der Waals surface area contributed by atoms with Crippen LogP contribution >= 0.6 is 0 Å². The molecule has 30 heavy (non-hydrogen) atoms. The summed E-state index contributed by atoms with van der Waals surface area (Å²) < 4.78 is 12.1. The van der Waals surface area contributed by atoms with Gasteiger partial charge in [0.05, 0.1) is 13.2 Å². The normalized spacial score (nSPS) is 18.1. The highest BCUT2D eigenvalue weighted by molar-refractivity contribution is 5.78. The van der Waals surface area contributed by atoms with Gasteiger partial charge in [-0.3, -0.25) is 9.69 Å². The van der Waals surface area contributed by atoms with Gasteiger partial charge in [-0.25, -0.2) is 4.98 Å².